The number of carbonyl (C=O) groups is 1. The molecule has 0 saturated heterocycles. The molecule has 2 heterocycles. The highest BCUT2D eigenvalue weighted by atomic mass is 16.5. The SMILES string of the molecule is C[C@H]1CCc2ccccc2N1C(=O)CN1CCOc2ccccc21. The Labute approximate surface area is 142 Å². The number of ether oxygens (including phenoxy) is 1. The molecule has 0 aliphatic carbocycles. The van der Waals surface area contributed by atoms with Gasteiger partial charge in [-0.2, -0.15) is 0 Å². The molecule has 0 aromatic heterocycles. The molecule has 0 saturated carbocycles. The molecule has 2 aromatic rings. The fraction of sp³-hybridized carbons (Fsp3) is 0.350. The van der Waals surface area contributed by atoms with E-state index in [1.54, 1.807) is 0 Å². The van der Waals surface area contributed by atoms with Crippen LogP contribution in [0.3, 0.4) is 0 Å². The van der Waals surface area contributed by atoms with E-state index in [-0.39, 0.29) is 11.9 Å². The zero-order chi connectivity index (χ0) is 16.5. The Morgan fingerprint density at radius 2 is 1.88 bits per heavy atom. The van der Waals surface area contributed by atoms with Gasteiger partial charge in [-0.25, -0.2) is 0 Å². The number of benzene rings is 2. The summed E-state index contributed by atoms with van der Waals surface area (Å²) in [5, 5.41) is 0. The number of carbonyl (C=O) groups excluding carboxylic acids is 1. The number of hydrogen-bond donors (Lipinski definition) is 0. The number of fused-ring (bicyclic) bond motifs is 2. The van der Waals surface area contributed by atoms with Gasteiger partial charge in [0.25, 0.3) is 0 Å². The van der Waals surface area contributed by atoms with Gasteiger partial charge in [0.2, 0.25) is 5.91 Å². The molecule has 0 spiro atoms. The van der Waals surface area contributed by atoms with Crippen LogP contribution in [-0.4, -0.2) is 31.6 Å². The van der Waals surface area contributed by atoms with Gasteiger partial charge in [-0.05, 0) is 43.5 Å². The number of nitrogens with zero attached hydrogens (tertiary/aromatic N) is 2. The molecule has 0 N–H and O–H groups in total. The molecular weight excluding hydrogens is 300 g/mol. The van der Waals surface area contributed by atoms with Gasteiger partial charge in [0, 0.05) is 11.7 Å². The second kappa shape index (κ2) is 6.19. The van der Waals surface area contributed by atoms with Gasteiger partial charge in [-0.1, -0.05) is 30.3 Å². The van der Waals surface area contributed by atoms with Crippen molar-refractivity contribution in [1.82, 2.24) is 0 Å². The topological polar surface area (TPSA) is 32.8 Å². The van der Waals surface area contributed by atoms with Crippen molar-refractivity contribution in [3.05, 3.63) is 54.1 Å². The van der Waals surface area contributed by atoms with Crippen molar-refractivity contribution in [1.29, 1.82) is 0 Å². The Morgan fingerprint density at radius 3 is 2.75 bits per heavy atom. The number of anilines is 2. The number of rotatable bonds is 2. The summed E-state index contributed by atoms with van der Waals surface area (Å²) in [6.07, 6.45) is 2.06. The maximum absolute atomic E-state index is 13.1. The van der Waals surface area contributed by atoms with E-state index in [1.165, 1.54) is 5.56 Å². The van der Waals surface area contributed by atoms with E-state index in [1.807, 2.05) is 35.2 Å². The molecule has 2 aliphatic heterocycles. The summed E-state index contributed by atoms with van der Waals surface area (Å²) in [7, 11) is 0. The van der Waals surface area contributed by atoms with Crippen LogP contribution in [0.25, 0.3) is 0 Å². The van der Waals surface area contributed by atoms with Crippen molar-refractivity contribution < 1.29 is 9.53 Å². The van der Waals surface area contributed by atoms with Gasteiger partial charge in [-0.15, -0.1) is 0 Å². The predicted molar refractivity (Wildman–Crippen MR) is 95.9 cm³/mol. The van der Waals surface area contributed by atoms with Crippen LogP contribution in [0.4, 0.5) is 11.4 Å². The maximum atomic E-state index is 13.1. The molecule has 1 amide bonds. The van der Waals surface area contributed by atoms with Gasteiger partial charge in [-0.3, -0.25) is 4.79 Å². The summed E-state index contributed by atoms with van der Waals surface area (Å²) in [6.45, 7) is 3.89. The van der Waals surface area contributed by atoms with E-state index in [0.717, 1.165) is 36.5 Å². The van der Waals surface area contributed by atoms with Crippen molar-refractivity contribution >= 4 is 17.3 Å². The molecule has 0 radical (unpaired) electrons. The normalized spacial score (nSPS) is 19.3. The largest absolute Gasteiger partial charge is 0.490 e. The van der Waals surface area contributed by atoms with Gasteiger partial charge >= 0.3 is 0 Å². The third-order valence-electron chi connectivity index (χ3n) is 4.94. The standard InChI is InChI=1S/C20H22N2O2/c1-15-10-11-16-6-2-3-7-17(16)22(15)20(23)14-21-12-13-24-19-9-5-4-8-18(19)21/h2-9,15H,10-14H2,1H3/t15-/m0/s1. The first-order valence-corrected chi connectivity index (χ1v) is 8.61. The molecule has 0 bridgehead atoms. The Kier molecular flexibility index (Phi) is 3.89. The minimum atomic E-state index is 0.159. The van der Waals surface area contributed by atoms with Crippen LogP contribution in [0.5, 0.6) is 5.75 Å². The Morgan fingerprint density at radius 1 is 1.12 bits per heavy atom. The fourth-order valence-electron chi connectivity index (χ4n) is 3.70. The molecule has 1 atom stereocenters. The highest BCUT2D eigenvalue weighted by Gasteiger charge is 2.30. The van der Waals surface area contributed by atoms with Crippen LogP contribution < -0.4 is 14.5 Å². The molecule has 124 valence electrons. The van der Waals surface area contributed by atoms with Crippen molar-refractivity contribution in [3.8, 4) is 5.75 Å². The van der Waals surface area contributed by atoms with Gasteiger partial charge in [0.1, 0.15) is 12.4 Å². The maximum Gasteiger partial charge on any atom is 0.246 e. The molecule has 4 nitrogen and oxygen atoms in total. The zero-order valence-corrected chi connectivity index (χ0v) is 13.9. The second-order valence-corrected chi connectivity index (χ2v) is 6.52. The minimum Gasteiger partial charge on any atom is -0.490 e. The van der Waals surface area contributed by atoms with Gasteiger partial charge < -0.3 is 14.5 Å². The summed E-state index contributed by atoms with van der Waals surface area (Å²) in [5.74, 6) is 1.02. The van der Waals surface area contributed by atoms with Crippen molar-refractivity contribution in [3.63, 3.8) is 0 Å². The van der Waals surface area contributed by atoms with Crippen LogP contribution in [0.1, 0.15) is 18.9 Å². The molecule has 2 aliphatic rings. The number of amides is 1. The first-order chi connectivity index (χ1) is 11.7. The summed E-state index contributed by atoms with van der Waals surface area (Å²) >= 11 is 0. The fourth-order valence-corrected chi connectivity index (χ4v) is 3.70. The van der Waals surface area contributed by atoms with E-state index in [0.29, 0.717) is 13.2 Å². The molecule has 4 heteroatoms. The summed E-state index contributed by atoms with van der Waals surface area (Å²) in [4.78, 5) is 17.2. The average Bonchev–Trinajstić information content (AvgIpc) is 2.62. The summed E-state index contributed by atoms with van der Waals surface area (Å²) < 4.78 is 5.69. The highest BCUT2D eigenvalue weighted by molar-refractivity contribution is 5.98. The zero-order valence-electron chi connectivity index (χ0n) is 13.9. The van der Waals surface area contributed by atoms with Crippen LogP contribution in [0.15, 0.2) is 48.5 Å². The first-order valence-electron chi connectivity index (χ1n) is 8.61. The Bertz CT molecular complexity index is 759. The van der Waals surface area contributed by atoms with Crippen molar-refractivity contribution in [2.45, 2.75) is 25.8 Å². The molecule has 2 aromatic carbocycles. The van der Waals surface area contributed by atoms with Crippen LogP contribution >= 0.6 is 0 Å². The third-order valence-corrected chi connectivity index (χ3v) is 4.94. The van der Waals surface area contributed by atoms with E-state index in [2.05, 4.69) is 30.0 Å². The van der Waals surface area contributed by atoms with Gasteiger partial charge in [0.05, 0.1) is 18.8 Å². The quantitative estimate of drug-likeness (QED) is 0.851. The third kappa shape index (κ3) is 2.62. The minimum absolute atomic E-state index is 0.159. The van der Waals surface area contributed by atoms with Crippen molar-refractivity contribution in [2.75, 3.05) is 29.5 Å². The number of hydrogen-bond acceptors (Lipinski definition) is 3. The molecule has 24 heavy (non-hydrogen) atoms. The van der Waals surface area contributed by atoms with E-state index in [4.69, 9.17) is 4.74 Å². The smallest absolute Gasteiger partial charge is 0.246 e. The van der Waals surface area contributed by atoms with E-state index >= 15 is 0 Å². The highest BCUT2D eigenvalue weighted by Crippen LogP contribution is 2.33. The molecular formula is C20H22N2O2. The van der Waals surface area contributed by atoms with Crippen LogP contribution in [0, 0.1) is 0 Å². The van der Waals surface area contributed by atoms with E-state index in [9.17, 15) is 4.79 Å². The lowest BCUT2D eigenvalue weighted by molar-refractivity contribution is -0.117. The summed E-state index contributed by atoms with van der Waals surface area (Å²) in [5.41, 5.74) is 3.35. The average molecular weight is 322 g/mol. The van der Waals surface area contributed by atoms with Crippen molar-refractivity contribution in [2.24, 2.45) is 0 Å². The predicted octanol–water partition coefficient (Wildman–Crippen LogP) is 3.25. The molecule has 4 rings (SSSR count). The van der Waals surface area contributed by atoms with Crippen LogP contribution in [-0.2, 0) is 11.2 Å². The van der Waals surface area contributed by atoms with Crippen LogP contribution in [0.2, 0.25) is 0 Å². The second-order valence-electron chi connectivity index (χ2n) is 6.52. The Balaban J connectivity index is 1.59. The number of para-hydroxylation sites is 3. The lowest BCUT2D eigenvalue weighted by Gasteiger charge is -2.38. The lowest BCUT2D eigenvalue weighted by atomic mass is 9.96. The number of aryl methyl sites for hydroxylation is 1. The molecule has 0 fully saturated rings. The summed E-state index contributed by atoms with van der Waals surface area (Å²) in [6, 6.07) is 16.4. The lowest BCUT2D eigenvalue weighted by Crippen LogP contribution is -2.48. The first kappa shape index (κ1) is 15.1. The van der Waals surface area contributed by atoms with E-state index < -0.39 is 0 Å². The molecule has 0 unspecified atom stereocenters. The van der Waals surface area contributed by atoms with Gasteiger partial charge in [0.15, 0.2) is 0 Å². The monoisotopic (exact) mass is 322 g/mol. The Hall–Kier alpha value is -2.49.